The van der Waals surface area contributed by atoms with Gasteiger partial charge in [0.1, 0.15) is 0 Å². The number of sulfonamides is 1. The van der Waals surface area contributed by atoms with E-state index < -0.39 is 20.6 Å². The van der Waals surface area contributed by atoms with Crippen LogP contribution in [0.4, 0.5) is 11.4 Å². The summed E-state index contributed by atoms with van der Waals surface area (Å²) in [6, 6.07) is 3.68. The highest BCUT2D eigenvalue weighted by molar-refractivity contribution is 7.89. The first-order chi connectivity index (χ1) is 9.35. The number of hydrogen-bond acceptors (Lipinski definition) is 5. The monoisotopic (exact) mass is 301 g/mol. The van der Waals surface area contributed by atoms with Gasteiger partial charge in [-0.2, -0.15) is 0 Å². The molecule has 112 valence electrons. The molecule has 0 aliphatic rings. The lowest BCUT2D eigenvalue weighted by molar-refractivity contribution is -0.387. The quantitative estimate of drug-likeness (QED) is 0.593. The zero-order valence-electron chi connectivity index (χ0n) is 11.7. The summed E-state index contributed by atoms with van der Waals surface area (Å²) in [4.78, 5) is 9.97. The molecule has 7 nitrogen and oxygen atoms in total. The van der Waals surface area contributed by atoms with Crippen LogP contribution in [0.25, 0.3) is 0 Å². The van der Waals surface area contributed by atoms with Crippen molar-refractivity contribution < 1.29 is 13.3 Å². The Balaban J connectivity index is 3.31. The van der Waals surface area contributed by atoms with Crippen LogP contribution in [0, 0.1) is 10.1 Å². The second kappa shape index (κ2) is 6.67. The van der Waals surface area contributed by atoms with E-state index in [2.05, 4.69) is 10.0 Å². The van der Waals surface area contributed by atoms with Gasteiger partial charge in [0.25, 0.3) is 5.69 Å². The first-order valence-electron chi connectivity index (χ1n) is 6.34. The Morgan fingerprint density at radius 1 is 1.30 bits per heavy atom. The largest absolute Gasteiger partial charge is 0.388 e. The normalized spacial score (nSPS) is 11.6. The van der Waals surface area contributed by atoms with Gasteiger partial charge in [0, 0.05) is 24.8 Å². The molecule has 0 aromatic heterocycles. The van der Waals surface area contributed by atoms with Gasteiger partial charge in [-0.25, -0.2) is 13.1 Å². The number of nitro benzene ring substituents is 1. The molecule has 2 N–H and O–H groups in total. The second-order valence-corrected chi connectivity index (χ2v) is 6.01. The fraction of sp³-hybridized carbons (Fsp3) is 0.500. The van der Waals surface area contributed by atoms with Crippen molar-refractivity contribution in [3.05, 3.63) is 28.3 Å². The highest BCUT2D eigenvalue weighted by Gasteiger charge is 2.27. The molecule has 0 heterocycles. The molecule has 0 saturated heterocycles. The van der Waals surface area contributed by atoms with Crippen molar-refractivity contribution in [2.24, 2.45) is 0 Å². The van der Waals surface area contributed by atoms with Crippen LogP contribution in [0.3, 0.4) is 0 Å². The van der Waals surface area contributed by atoms with Crippen molar-refractivity contribution in [1.82, 2.24) is 4.72 Å². The molecule has 0 aliphatic carbocycles. The van der Waals surface area contributed by atoms with Gasteiger partial charge in [-0.15, -0.1) is 0 Å². The Morgan fingerprint density at radius 2 is 1.90 bits per heavy atom. The molecule has 1 aromatic rings. The molecule has 1 aromatic carbocycles. The number of nitrogens with one attached hydrogen (secondary N) is 2. The minimum atomic E-state index is -3.92. The minimum Gasteiger partial charge on any atom is -0.388 e. The van der Waals surface area contributed by atoms with Gasteiger partial charge < -0.3 is 5.32 Å². The highest BCUT2D eigenvalue weighted by atomic mass is 32.2. The number of nitrogens with zero attached hydrogens (tertiary/aromatic N) is 1. The molecule has 0 radical (unpaired) electrons. The van der Waals surface area contributed by atoms with E-state index in [-0.39, 0.29) is 10.9 Å². The molecular weight excluding hydrogens is 282 g/mol. The van der Waals surface area contributed by atoms with E-state index in [0.29, 0.717) is 18.5 Å². The van der Waals surface area contributed by atoms with E-state index in [9.17, 15) is 18.5 Å². The first-order valence-corrected chi connectivity index (χ1v) is 7.82. The lowest BCUT2D eigenvalue weighted by Crippen LogP contribution is -2.34. The molecule has 0 atom stereocenters. The van der Waals surface area contributed by atoms with E-state index >= 15 is 0 Å². The van der Waals surface area contributed by atoms with Crippen molar-refractivity contribution in [3.8, 4) is 0 Å². The number of hydrogen-bond donors (Lipinski definition) is 2. The Hall–Kier alpha value is -1.67. The molecule has 0 aliphatic heterocycles. The van der Waals surface area contributed by atoms with Gasteiger partial charge >= 0.3 is 0 Å². The van der Waals surface area contributed by atoms with Gasteiger partial charge in [-0.1, -0.05) is 13.8 Å². The van der Waals surface area contributed by atoms with Crippen LogP contribution in [-0.4, -0.2) is 26.4 Å². The van der Waals surface area contributed by atoms with Crippen molar-refractivity contribution in [2.75, 3.05) is 12.4 Å². The zero-order valence-corrected chi connectivity index (χ0v) is 12.5. The van der Waals surface area contributed by atoms with Crippen LogP contribution < -0.4 is 10.0 Å². The number of nitro groups is 1. The maximum atomic E-state index is 12.3. The first kappa shape index (κ1) is 16.4. The lowest BCUT2D eigenvalue weighted by atomic mass is 10.2. The third-order valence-electron chi connectivity index (χ3n) is 3.04. The van der Waals surface area contributed by atoms with E-state index in [4.69, 9.17) is 0 Å². The smallest absolute Gasteiger partial charge is 0.289 e. The Morgan fingerprint density at radius 3 is 2.35 bits per heavy atom. The van der Waals surface area contributed by atoms with Crippen molar-refractivity contribution in [2.45, 2.75) is 37.6 Å². The molecule has 0 saturated carbocycles. The van der Waals surface area contributed by atoms with Crippen LogP contribution in [0.15, 0.2) is 23.1 Å². The molecule has 1 rings (SSSR count). The van der Waals surface area contributed by atoms with Gasteiger partial charge in [0.05, 0.1) is 4.92 Å². The number of rotatable bonds is 7. The third-order valence-corrected chi connectivity index (χ3v) is 4.59. The second-order valence-electron chi connectivity index (χ2n) is 4.32. The molecule has 0 unspecified atom stereocenters. The van der Waals surface area contributed by atoms with Gasteiger partial charge in [-0.05, 0) is 25.0 Å². The fourth-order valence-corrected chi connectivity index (χ4v) is 3.37. The summed E-state index contributed by atoms with van der Waals surface area (Å²) in [5, 5.41) is 13.8. The predicted octanol–water partition coefficient (Wildman–Crippen LogP) is 2.10. The summed E-state index contributed by atoms with van der Waals surface area (Å²) in [7, 11) is -2.31. The third kappa shape index (κ3) is 3.67. The van der Waals surface area contributed by atoms with Gasteiger partial charge in [0.2, 0.25) is 10.0 Å². The average Bonchev–Trinajstić information content (AvgIpc) is 2.43. The average molecular weight is 301 g/mol. The molecule has 0 spiro atoms. The van der Waals surface area contributed by atoms with Gasteiger partial charge in [0.15, 0.2) is 4.90 Å². The van der Waals surface area contributed by atoms with Crippen LogP contribution >= 0.6 is 0 Å². The molecule has 0 amide bonds. The van der Waals surface area contributed by atoms with E-state index in [1.165, 1.54) is 18.2 Å². The van der Waals surface area contributed by atoms with Crippen LogP contribution in [0.5, 0.6) is 0 Å². The zero-order chi connectivity index (χ0) is 15.3. The van der Waals surface area contributed by atoms with Crippen molar-refractivity contribution in [1.29, 1.82) is 0 Å². The van der Waals surface area contributed by atoms with Crippen LogP contribution in [0.2, 0.25) is 0 Å². The summed E-state index contributed by atoms with van der Waals surface area (Å²) in [6.45, 7) is 3.71. The minimum absolute atomic E-state index is 0.238. The van der Waals surface area contributed by atoms with Crippen molar-refractivity contribution >= 4 is 21.4 Å². The van der Waals surface area contributed by atoms with E-state index in [0.717, 1.165) is 0 Å². The number of benzene rings is 1. The molecule has 8 heteroatoms. The van der Waals surface area contributed by atoms with E-state index in [1.54, 1.807) is 7.05 Å². The maximum Gasteiger partial charge on any atom is 0.289 e. The lowest BCUT2D eigenvalue weighted by Gasteiger charge is -2.15. The van der Waals surface area contributed by atoms with E-state index in [1.807, 2.05) is 13.8 Å². The number of anilines is 1. The Bertz CT molecular complexity index is 582. The van der Waals surface area contributed by atoms with Gasteiger partial charge in [-0.3, -0.25) is 10.1 Å². The van der Waals surface area contributed by atoms with Crippen LogP contribution in [-0.2, 0) is 10.0 Å². The Labute approximate surface area is 118 Å². The fourth-order valence-electron chi connectivity index (χ4n) is 1.77. The summed E-state index contributed by atoms with van der Waals surface area (Å²) in [6.07, 6.45) is 1.24. The summed E-state index contributed by atoms with van der Waals surface area (Å²) < 4.78 is 27.1. The molecular formula is C12H19N3O4S. The Kier molecular flexibility index (Phi) is 5.46. The summed E-state index contributed by atoms with van der Waals surface area (Å²) in [5.74, 6) is 0. The molecule has 20 heavy (non-hydrogen) atoms. The van der Waals surface area contributed by atoms with Crippen molar-refractivity contribution in [3.63, 3.8) is 0 Å². The standard InChI is InChI=1S/C12H19N3O4S/c1-4-9(5-2)14-20(18,19)12-8-10(13-3)6-7-11(12)15(16)17/h6-9,13-14H,4-5H2,1-3H3. The maximum absolute atomic E-state index is 12.3. The molecule has 0 fully saturated rings. The summed E-state index contributed by atoms with van der Waals surface area (Å²) in [5.41, 5.74) is 0.0722. The topological polar surface area (TPSA) is 101 Å². The van der Waals surface area contributed by atoms with Crippen LogP contribution in [0.1, 0.15) is 26.7 Å². The molecule has 0 bridgehead atoms. The summed E-state index contributed by atoms with van der Waals surface area (Å²) >= 11 is 0. The highest BCUT2D eigenvalue weighted by Crippen LogP contribution is 2.27. The predicted molar refractivity (Wildman–Crippen MR) is 77.3 cm³/mol. The SMILES string of the molecule is CCC(CC)NS(=O)(=O)c1cc(NC)ccc1[N+](=O)[O-].